The largest absolute Gasteiger partial charge is 0.339 e. The molecule has 0 aliphatic carbocycles. The molecule has 0 bridgehead atoms. The summed E-state index contributed by atoms with van der Waals surface area (Å²) in [5.74, 6) is 0.983. The Hall–Kier alpha value is -1.27. The average Bonchev–Trinajstić information content (AvgIpc) is 2.92. The zero-order valence-corrected chi connectivity index (χ0v) is 11.8. The third-order valence-electron chi connectivity index (χ3n) is 3.26. The van der Waals surface area contributed by atoms with Crippen molar-refractivity contribution in [1.29, 1.82) is 0 Å². The van der Waals surface area contributed by atoms with Crippen LogP contribution in [0, 0.1) is 5.82 Å². The van der Waals surface area contributed by atoms with Gasteiger partial charge in [-0.05, 0) is 37.6 Å². The lowest BCUT2D eigenvalue weighted by Crippen LogP contribution is -2.28. The van der Waals surface area contributed by atoms with E-state index in [4.69, 9.17) is 4.52 Å². The first-order valence-electron chi connectivity index (χ1n) is 6.24. The van der Waals surface area contributed by atoms with Crippen molar-refractivity contribution < 1.29 is 8.91 Å². The number of nitrogens with zero attached hydrogens (tertiary/aromatic N) is 2. The summed E-state index contributed by atoms with van der Waals surface area (Å²) in [6.45, 7) is 1.89. The zero-order valence-electron chi connectivity index (χ0n) is 10.2. The molecule has 0 saturated carbocycles. The summed E-state index contributed by atoms with van der Waals surface area (Å²) < 4.78 is 19.3. The van der Waals surface area contributed by atoms with Gasteiger partial charge in [0, 0.05) is 16.6 Å². The maximum Gasteiger partial charge on any atom is 0.231 e. The van der Waals surface area contributed by atoms with Crippen molar-refractivity contribution in [3.63, 3.8) is 0 Å². The normalized spacial score (nSPS) is 19.6. The molecular formula is C13H13BrFN3O. The van der Waals surface area contributed by atoms with Crippen molar-refractivity contribution in [3.8, 4) is 11.4 Å². The van der Waals surface area contributed by atoms with Crippen LogP contribution < -0.4 is 5.32 Å². The first-order chi connectivity index (χ1) is 9.24. The van der Waals surface area contributed by atoms with Gasteiger partial charge in [-0.2, -0.15) is 4.98 Å². The zero-order chi connectivity index (χ0) is 13.2. The van der Waals surface area contributed by atoms with Crippen LogP contribution >= 0.6 is 15.9 Å². The molecule has 1 aromatic carbocycles. The molecule has 1 N–H and O–H groups in total. The Bertz CT molecular complexity index is 581. The molecule has 19 heavy (non-hydrogen) atoms. The van der Waals surface area contributed by atoms with Crippen LogP contribution in [0.2, 0.25) is 0 Å². The van der Waals surface area contributed by atoms with Crippen molar-refractivity contribution in [2.24, 2.45) is 0 Å². The first kappa shape index (κ1) is 12.7. The van der Waals surface area contributed by atoms with Gasteiger partial charge in [0.1, 0.15) is 5.82 Å². The van der Waals surface area contributed by atoms with Gasteiger partial charge in [-0.25, -0.2) is 4.39 Å². The Balaban J connectivity index is 1.89. The second-order valence-corrected chi connectivity index (χ2v) is 5.48. The van der Waals surface area contributed by atoms with Crippen molar-refractivity contribution >= 4 is 15.9 Å². The van der Waals surface area contributed by atoms with Crippen LogP contribution in [0.4, 0.5) is 4.39 Å². The molecule has 0 spiro atoms. The topological polar surface area (TPSA) is 51.0 Å². The number of piperidine rings is 1. The number of rotatable bonds is 2. The smallest absolute Gasteiger partial charge is 0.231 e. The summed E-state index contributed by atoms with van der Waals surface area (Å²) in [7, 11) is 0. The van der Waals surface area contributed by atoms with E-state index in [1.807, 2.05) is 0 Å². The molecule has 1 aromatic heterocycles. The Kier molecular flexibility index (Phi) is 3.61. The Morgan fingerprint density at radius 3 is 3.11 bits per heavy atom. The van der Waals surface area contributed by atoms with E-state index in [-0.39, 0.29) is 11.7 Å². The second kappa shape index (κ2) is 5.38. The van der Waals surface area contributed by atoms with E-state index in [1.54, 1.807) is 6.07 Å². The molecule has 3 rings (SSSR count). The van der Waals surface area contributed by atoms with Crippen molar-refractivity contribution in [3.05, 3.63) is 34.4 Å². The lowest BCUT2D eigenvalue weighted by atomic mass is 10.00. The number of halogens is 2. The van der Waals surface area contributed by atoms with E-state index in [1.165, 1.54) is 12.1 Å². The molecule has 0 unspecified atom stereocenters. The number of benzene rings is 1. The summed E-state index contributed by atoms with van der Waals surface area (Å²) in [6, 6.07) is 4.43. The van der Waals surface area contributed by atoms with Gasteiger partial charge < -0.3 is 9.84 Å². The lowest BCUT2D eigenvalue weighted by molar-refractivity contribution is 0.322. The minimum atomic E-state index is -0.316. The molecule has 0 radical (unpaired) electrons. The van der Waals surface area contributed by atoms with Gasteiger partial charge in [-0.15, -0.1) is 0 Å². The summed E-state index contributed by atoms with van der Waals surface area (Å²) in [5, 5.41) is 7.26. The quantitative estimate of drug-likeness (QED) is 0.921. The molecule has 2 aromatic rings. The predicted octanol–water partition coefficient (Wildman–Crippen LogP) is 3.11. The average molecular weight is 326 g/mol. The van der Waals surface area contributed by atoms with Crippen LogP contribution in [0.15, 0.2) is 27.2 Å². The first-order valence-corrected chi connectivity index (χ1v) is 7.03. The molecule has 1 saturated heterocycles. The highest BCUT2D eigenvalue weighted by Gasteiger charge is 2.22. The second-order valence-electron chi connectivity index (χ2n) is 4.62. The van der Waals surface area contributed by atoms with Crippen LogP contribution in [0.3, 0.4) is 0 Å². The van der Waals surface area contributed by atoms with Gasteiger partial charge in [0.05, 0.1) is 5.92 Å². The van der Waals surface area contributed by atoms with Gasteiger partial charge in [-0.1, -0.05) is 21.1 Å². The van der Waals surface area contributed by atoms with E-state index in [0.29, 0.717) is 17.3 Å². The van der Waals surface area contributed by atoms with Gasteiger partial charge in [0.25, 0.3) is 0 Å². The van der Waals surface area contributed by atoms with E-state index < -0.39 is 0 Å². The van der Waals surface area contributed by atoms with E-state index in [9.17, 15) is 4.39 Å². The molecule has 2 heterocycles. The molecule has 6 heteroatoms. The number of hydrogen-bond acceptors (Lipinski definition) is 4. The third kappa shape index (κ3) is 2.69. The van der Waals surface area contributed by atoms with Crippen LogP contribution in [-0.2, 0) is 0 Å². The molecule has 1 aliphatic heterocycles. The highest BCUT2D eigenvalue weighted by molar-refractivity contribution is 9.10. The molecule has 100 valence electrons. The van der Waals surface area contributed by atoms with Gasteiger partial charge >= 0.3 is 0 Å². The molecular weight excluding hydrogens is 313 g/mol. The van der Waals surface area contributed by atoms with Gasteiger partial charge in [0.15, 0.2) is 0 Å². The fourth-order valence-electron chi connectivity index (χ4n) is 2.24. The Morgan fingerprint density at radius 1 is 1.42 bits per heavy atom. The number of aromatic nitrogens is 2. The SMILES string of the molecule is Fc1ccc(Br)c(-c2noc([C@H]3CCCNC3)n2)c1. The summed E-state index contributed by atoms with van der Waals surface area (Å²) in [6.07, 6.45) is 2.14. The van der Waals surface area contributed by atoms with Crippen molar-refractivity contribution in [2.45, 2.75) is 18.8 Å². The number of nitrogens with one attached hydrogen (secondary N) is 1. The molecule has 1 aliphatic rings. The minimum Gasteiger partial charge on any atom is -0.339 e. The molecule has 4 nitrogen and oxygen atoms in total. The highest BCUT2D eigenvalue weighted by Crippen LogP contribution is 2.29. The van der Waals surface area contributed by atoms with Crippen LogP contribution in [0.1, 0.15) is 24.7 Å². The number of hydrogen-bond donors (Lipinski definition) is 1. The van der Waals surface area contributed by atoms with Crippen LogP contribution in [0.5, 0.6) is 0 Å². The maximum absolute atomic E-state index is 13.3. The lowest BCUT2D eigenvalue weighted by Gasteiger charge is -2.18. The maximum atomic E-state index is 13.3. The van der Waals surface area contributed by atoms with Crippen molar-refractivity contribution in [2.75, 3.05) is 13.1 Å². The molecule has 1 fully saturated rings. The Morgan fingerprint density at radius 2 is 2.32 bits per heavy atom. The minimum absolute atomic E-state index is 0.252. The molecule has 1 atom stereocenters. The Labute approximate surface area is 118 Å². The van der Waals surface area contributed by atoms with E-state index in [0.717, 1.165) is 30.4 Å². The third-order valence-corrected chi connectivity index (χ3v) is 3.95. The fourth-order valence-corrected chi connectivity index (χ4v) is 2.67. The fraction of sp³-hybridized carbons (Fsp3) is 0.385. The van der Waals surface area contributed by atoms with Gasteiger partial charge in [-0.3, -0.25) is 0 Å². The highest BCUT2D eigenvalue weighted by atomic mass is 79.9. The van der Waals surface area contributed by atoms with Crippen molar-refractivity contribution in [1.82, 2.24) is 15.5 Å². The van der Waals surface area contributed by atoms with E-state index >= 15 is 0 Å². The summed E-state index contributed by atoms with van der Waals surface area (Å²) in [4.78, 5) is 4.39. The predicted molar refractivity (Wildman–Crippen MR) is 72.2 cm³/mol. The van der Waals surface area contributed by atoms with Crippen LogP contribution in [0.25, 0.3) is 11.4 Å². The standard InChI is InChI=1S/C13H13BrFN3O/c14-11-4-3-9(15)6-10(11)12-17-13(19-18-12)8-2-1-5-16-7-8/h3-4,6,8,16H,1-2,5,7H2/t8-/m0/s1. The monoisotopic (exact) mass is 325 g/mol. The summed E-state index contributed by atoms with van der Waals surface area (Å²) in [5.41, 5.74) is 0.610. The van der Waals surface area contributed by atoms with Crippen LogP contribution in [-0.4, -0.2) is 23.2 Å². The molecule has 0 amide bonds. The van der Waals surface area contributed by atoms with Gasteiger partial charge in [0.2, 0.25) is 11.7 Å². The summed E-state index contributed by atoms with van der Waals surface area (Å²) >= 11 is 3.37. The van der Waals surface area contributed by atoms with E-state index in [2.05, 4.69) is 31.4 Å².